The summed E-state index contributed by atoms with van der Waals surface area (Å²) in [7, 11) is 0. The van der Waals surface area contributed by atoms with Gasteiger partial charge in [-0.15, -0.1) is 21.5 Å². The highest BCUT2D eigenvalue weighted by atomic mass is 32.1. The van der Waals surface area contributed by atoms with Gasteiger partial charge in [0.1, 0.15) is 15.8 Å². The number of hydrogen-bond donors (Lipinski definition) is 1. The number of rotatable bonds is 4. The van der Waals surface area contributed by atoms with E-state index in [-0.39, 0.29) is 5.82 Å². The fraction of sp³-hybridized carbons (Fsp3) is 0.154. The Kier molecular flexibility index (Phi) is 3.70. The second-order valence-electron chi connectivity index (χ2n) is 4.13. The molecule has 0 bridgehead atoms. The summed E-state index contributed by atoms with van der Waals surface area (Å²) >= 11 is 3.06. The van der Waals surface area contributed by atoms with E-state index in [4.69, 9.17) is 0 Å². The molecule has 2 heterocycles. The predicted octanol–water partition coefficient (Wildman–Crippen LogP) is 3.72. The van der Waals surface area contributed by atoms with Crippen molar-refractivity contribution >= 4 is 27.8 Å². The van der Waals surface area contributed by atoms with Crippen molar-refractivity contribution < 1.29 is 4.39 Å². The zero-order chi connectivity index (χ0) is 13.9. The lowest BCUT2D eigenvalue weighted by atomic mass is 10.2. The second kappa shape index (κ2) is 5.64. The number of nitrogens with zero attached hydrogens (tertiary/aromatic N) is 3. The number of thiazole rings is 1. The van der Waals surface area contributed by atoms with Gasteiger partial charge < -0.3 is 5.32 Å². The van der Waals surface area contributed by atoms with Crippen LogP contribution in [0.1, 0.15) is 10.7 Å². The van der Waals surface area contributed by atoms with Crippen LogP contribution in [0.25, 0.3) is 10.6 Å². The van der Waals surface area contributed by atoms with Crippen molar-refractivity contribution in [2.24, 2.45) is 0 Å². The van der Waals surface area contributed by atoms with E-state index in [2.05, 4.69) is 20.5 Å². The molecule has 0 spiro atoms. The monoisotopic (exact) mass is 306 g/mol. The van der Waals surface area contributed by atoms with E-state index in [9.17, 15) is 4.39 Å². The minimum Gasteiger partial charge on any atom is -0.354 e. The fourth-order valence-electron chi connectivity index (χ4n) is 1.65. The van der Waals surface area contributed by atoms with Gasteiger partial charge in [-0.2, -0.15) is 0 Å². The van der Waals surface area contributed by atoms with Crippen LogP contribution in [0.5, 0.6) is 0 Å². The van der Waals surface area contributed by atoms with E-state index in [0.717, 1.165) is 26.4 Å². The number of nitrogens with one attached hydrogen (secondary N) is 1. The molecule has 2 aromatic heterocycles. The molecule has 0 fully saturated rings. The highest BCUT2D eigenvalue weighted by Gasteiger charge is 2.06. The quantitative estimate of drug-likeness (QED) is 0.798. The Morgan fingerprint density at radius 2 is 2.00 bits per heavy atom. The number of benzene rings is 1. The van der Waals surface area contributed by atoms with Crippen molar-refractivity contribution in [1.82, 2.24) is 15.2 Å². The van der Waals surface area contributed by atoms with Gasteiger partial charge in [-0.05, 0) is 31.2 Å². The molecule has 1 N–H and O–H groups in total. The van der Waals surface area contributed by atoms with Crippen LogP contribution in [-0.4, -0.2) is 15.2 Å². The van der Waals surface area contributed by atoms with Crippen LogP contribution in [0.2, 0.25) is 0 Å². The number of hydrogen-bond acceptors (Lipinski definition) is 6. The van der Waals surface area contributed by atoms with E-state index in [1.807, 2.05) is 12.3 Å². The molecule has 102 valence electrons. The topological polar surface area (TPSA) is 50.7 Å². The molecule has 3 aromatic rings. The Hall–Kier alpha value is -1.86. The lowest BCUT2D eigenvalue weighted by Gasteiger charge is -1.98. The van der Waals surface area contributed by atoms with Gasteiger partial charge in [-0.1, -0.05) is 11.3 Å². The summed E-state index contributed by atoms with van der Waals surface area (Å²) in [5.41, 5.74) is 1.86. The number of halogens is 1. The van der Waals surface area contributed by atoms with Crippen molar-refractivity contribution in [3.05, 3.63) is 46.2 Å². The molecule has 3 rings (SSSR count). The van der Waals surface area contributed by atoms with Crippen molar-refractivity contribution in [3.63, 3.8) is 0 Å². The molecule has 0 saturated heterocycles. The van der Waals surface area contributed by atoms with E-state index in [0.29, 0.717) is 6.54 Å². The van der Waals surface area contributed by atoms with Gasteiger partial charge in [-0.3, -0.25) is 0 Å². The number of aryl methyl sites for hydroxylation is 1. The predicted molar refractivity (Wildman–Crippen MR) is 79.5 cm³/mol. The van der Waals surface area contributed by atoms with Gasteiger partial charge in [-0.25, -0.2) is 9.37 Å². The summed E-state index contributed by atoms with van der Waals surface area (Å²) in [6.45, 7) is 2.52. The molecule has 4 nitrogen and oxygen atoms in total. The number of aromatic nitrogens is 3. The SMILES string of the molecule is Cc1nnc(NCc2csc(-c3ccc(F)cc3)n2)s1. The Labute approximate surface area is 123 Å². The first kappa shape index (κ1) is 13.1. The number of anilines is 1. The van der Waals surface area contributed by atoms with Gasteiger partial charge in [0, 0.05) is 10.9 Å². The molecule has 0 radical (unpaired) electrons. The molecule has 0 aliphatic carbocycles. The average Bonchev–Trinajstić information content (AvgIpc) is 3.06. The van der Waals surface area contributed by atoms with Gasteiger partial charge in [0.25, 0.3) is 0 Å². The van der Waals surface area contributed by atoms with Gasteiger partial charge in [0.15, 0.2) is 0 Å². The van der Waals surface area contributed by atoms with Crippen LogP contribution in [-0.2, 0) is 6.54 Å². The zero-order valence-corrected chi connectivity index (χ0v) is 12.3. The first-order valence-electron chi connectivity index (χ1n) is 5.95. The molecule has 0 saturated carbocycles. The fourth-order valence-corrected chi connectivity index (χ4v) is 3.06. The molecule has 0 aliphatic heterocycles. The maximum atomic E-state index is 12.9. The molecule has 0 atom stereocenters. The molecule has 0 unspecified atom stereocenters. The standard InChI is InChI=1S/C13H11FN4S2/c1-8-17-18-13(20-8)15-6-11-7-19-12(16-11)9-2-4-10(14)5-3-9/h2-5,7H,6H2,1H3,(H,15,18). The molecular weight excluding hydrogens is 295 g/mol. The van der Waals surface area contributed by atoms with Crippen molar-refractivity contribution in [2.45, 2.75) is 13.5 Å². The summed E-state index contributed by atoms with van der Waals surface area (Å²) in [4.78, 5) is 4.52. The maximum Gasteiger partial charge on any atom is 0.205 e. The summed E-state index contributed by atoms with van der Waals surface area (Å²) in [6.07, 6.45) is 0. The summed E-state index contributed by atoms with van der Waals surface area (Å²) in [5, 5.41) is 15.7. The lowest BCUT2D eigenvalue weighted by molar-refractivity contribution is 0.628. The lowest BCUT2D eigenvalue weighted by Crippen LogP contribution is -1.99. The second-order valence-corrected chi connectivity index (χ2v) is 6.17. The van der Waals surface area contributed by atoms with Crippen LogP contribution in [0.15, 0.2) is 29.6 Å². The Bertz CT molecular complexity index is 705. The largest absolute Gasteiger partial charge is 0.354 e. The third kappa shape index (κ3) is 3.00. The Morgan fingerprint density at radius 1 is 1.20 bits per heavy atom. The molecule has 0 amide bonds. The van der Waals surface area contributed by atoms with Crippen molar-refractivity contribution in [1.29, 1.82) is 0 Å². The van der Waals surface area contributed by atoms with E-state index in [1.165, 1.54) is 23.5 Å². The Balaban J connectivity index is 1.69. The molecule has 20 heavy (non-hydrogen) atoms. The smallest absolute Gasteiger partial charge is 0.205 e. The summed E-state index contributed by atoms with van der Waals surface area (Å²) in [5.74, 6) is -0.237. The zero-order valence-electron chi connectivity index (χ0n) is 10.6. The average molecular weight is 306 g/mol. The van der Waals surface area contributed by atoms with E-state index >= 15 is 0 Å². The highest BCUT2D eigenvalue weighted by Crippen LogP contribution is 2.24. The van der Waals surface area contributed by atoms with Crippen molar-refractivity contribution in [2.75, 3.05) is 5.32 Å². The van der Waals surface area contributed by atoms with E-state index < -0.39 is 0 Å². The summed E-state index contributed by atoms with van der Waals surface area (Å²) in [6, 6.07) is 6.36. The van der Waals surface area contributed by atoms with E-state index in [1.54, 1.807) is 23.5 Å². The summed E-state index contributed by atoms with van der Waals surface area (Å²) < 4.78 is 12.9. The molecule has 1 aromatic carbocycles. The maximum absolute atomic E-state index is 12.9. The molecule has 0 aliphatic rings. The van der Waals surface area contributed by atoms with Crippen LogP contribution in [0.3, 0.4) is 0 Å². The third-order valence-electron chi connectivity index (χ3n) is 2.59. The van der Waals surface area contributed by atoms with Gasteiger partial charge in [0.2, 0.25) is 5.13 Å². The van der Waals surface area contributed by atoms with Gasteiger partial charge >= 0.3 is 0 Å². The third-order valence-corrected chi connectivity index (χ3v) is 4.33. The molecule has 7 heteroatoms. The normalized spacial score (nSPS) is 10.7. The van der Waals surface area contributed by atoms with Gasteiger partial charge in [0.05, 0.1) is 12.2 Å². The Morgan fingerprint density at radius 3 is 2.70 bits per heavy atom. The first-order chi connectivity index (χ1) is 9.70. The molecular formula is C13H11FN4S2. The van der Waals surface area contributed by atoms with Crippen molar-refractivity contribution in [3.8, 4) is 10.6 Å². The minimum absolute atomic E-state index is 0.237. The van der Waals surface area contributed by atoms with Crippen LogP contribution < -0.4 is 5.32 Å². The van der Waals surface area contributed by atoms with Crippen LogP contribution in [0, 0.1) is 12.7 Å². The van der Waals surface area contributed by atoms with Crippen LogP contribution in [0.4, 0.5) is 9.52 Å². The first-order valence-corrected chi connectivity index (χ1v) is 7.64. The minimum atomic E-state index is -0.237. The van der Waals surface area contributed by atoms with Crippen LogP contribution >= 0.6 is 22.7 Å². The highest BCUT2D eigenvalue weighted by molar-refractivity contribution is 7.15.